The van der Waals surface area contributed by atoms with Gasteiger partial charge in [0.1, 0.15) is 0 Å². The van der Waals surface area contributed by atoms with E-state index in [0.717, 1.165) is 18.4 Å². The van der Waals surface area contributed by atoms with Crippen LogP contribution in [0.25, 0.3) is 0 Å². The van der Waals surface area contributed by atoms with Gasteiger partial charge in [-0.2, -0.15) is 0 Å². The van der Waals surface area contributed by atoms with Crippen LogP contribution in [-0.2, 0) is 0 Å². The second-order valence-electron chi connectivity index (χ2n) is 3.24. The Labute approximate surface area is 117 Å². The molecule has 0 amide bonds. The topological polar surface area (TPSA) is 43.1 Å². The predicted molar refractivity (Wildman–Crippen MR) is 50.1 cm³/mol. The van der Waals surface area contributed by atoms with Gasteiger partial charge in [0.25, 0.3) is 5.69 Å². The van der Waals surface area contributed by atoms with E-state index in [1.807, 2.05) is 0 Å². The zero-order valence-corrected chi connectivity index (χ0v) is 8.68. The first-order chi connectivity index (χ1) is 6.18. The molecule has 0 saturated heterocycles. The van der Waals surface area contributed by atoms with Gasteiger partial charge in [-0.25, -0.2) is 0 Å². The van der Waals surface area contributed by atoms with E-state index in [4.69, 9.17) is 11.6 Å². The van der Waals surface area contributed by atoms with Gasteiger partial charge in [-0.3, -0.25) is 10.1 Å². The van der Waals surface area contributed by atoms with Crippen molar-refractivity contribution in [3.05, 3.63) is 38.9 Å². The molecular formula is C9H8ArClNO2. The summed E-state index contributed by atoms with van der Waals surface area (Å²) < 4.78 is 0. The van der Waals surface area contributed by atoms with Gasteiger partial charge in [0, 0.05) is 49.9 Å². The van der Waals surface area contributed by atoms with Gasteiger partial charge in [-0.1, -0.05) is 17.7 Å². The van der Waals surface area contributed by atoms with Crippen molar-refractivity contribution in [2.24, 2.45) is 0 Å². The first-order valence-corrected chi connectivity index (χ1v) is 4.50. The Balaban J connectivity index is 0.000000980. The summed E-state index contributed by atoms with van der Waals surface area (Å²) in [4.78, 5) is 9.97. The monoisotopic (exact) mass is 237 g/mol. The molecule has 1 fully saturated rings. The minimum atomic E-state index is -0.428. The van der Waals surface area contributed by atoms with Crippen molar-refractivity contribution in [1.29, 1.82) is 0 Å². The Hall–Kier alpha value is 0.170. The van der Waals surface area contributed by atoms with Crippen LogP contribution < -0.4 is 0 Å². The fourth-order valence-electron chi connectivity index (χ4n) is 1.36. The molecule has 0 spiro atoms. The summed E-state index contributed by atoms with van der Waals surface area (Å²) in [5.41, 5.74) is 1.11. The molecule has 0 aliphatic heterocycles. The van der Waals surface area contributed by atoms with E-state index >= 15 is 0 Å². The van der Waals surface area contributed by atoms with Gasteiger partial charge in [0.2, 0.25) is 0 Å². The molecule has 3 nitrogen and oxygen atoms in total. The summed E-state index contributed by atoms with van der Waals surface area (Å²) in [6.45, 7) is 0. The number of nitro groups is 1. The Bertz CT molecular complexity index is 366. The van der Waals surface area contributed by atoms with Crippen LogP contribution in [-0.4, -0.2) is 4.92 Å². The minimum Gasteiger partial charge on any atom is -0.258 e. The summed E-state index contributed by atoms with van der Waals surface area (Å²) in [6.07, 6.45) is 2.30. The van der Waals surface area contributed by atoms with Crippen LogP contribution in [0.15, 0.2) is 18.2 Å². The van der Waals surface area contributed by atoms with Crippen LogP contribution in [0.3, 0.4) is 0 Å². The van der Waals surface area contributed by atoms with Crippen LogP contribution in [0, 0.1) is 47.9 Å². The van der Waals surface area contributed by atoms with Gasteiger partial charge >= 0.3 is 0 Å². The molecule has 0 unspecified atom stereocenters. The average Bonchev–Trinajstić information content (AvgIpc) is 2.87. The van der Waals surface area contributed by atoms with E-state index in [2.05, 4.69) is 0 Å². The molecule has 2 rings (SSSR count). The molecule has 0 aromatic heterocycles. The molecule has 1 aromatic carbocycles. The maximum atomic E-state index is 10.4. The van der Waals surface area contributed by atoms with Crippen molar-refractivity contribution in [1.82, 2.24) is 0 Å². The quantitative estimate of drug-likeness (QED) is 0.586. The molecule has 1 aliphatic rings. The Morgan fingerprint density at radius 3 is 2.50 bits per heavy atom. The van der Waals surface area contributed by atoms with Crippen molar-refractivity contribution in [3.63, 3.8) is 0 Å². The Kier molecular flexibility index (Phi) is 4.19. The van der Waals surface area contributed by atoms with Gasteiger partial charge in [-0.15, -0.1) is 0 Å². The number of benzene rings is 1. The number of rotatable bonds is 2. The second-order valence-corrected chi connectivity index (χ2v) is 3.64. The summed E-state index contributed by atoms with van der Waals surface area (Å²) in [5, 5.41) is 10.9. The second kappa shape index (κ2) is 4.79. The molecular weight excluding hydrogens is 230 g/mol. The smallest absolute Gasteiger partial charge is 0.258 e. The molecule has 76 valence electrons. The maximum Gasteiger partial charge on any atom is 0.270 e. The third-order valence-corrected chi connectivity index (χ3v) is 2.54. The van der Waals surface area contributed by atoms with Gasteiger partial charge in [-0.05, 0) is 24.3 Å². The summed E-state index contributed by atoms with van der Waals surface area (Å²) in [6, 6.07) is 4.70. The summed E-state index contributed by atoms with van der Waals surface area (Å²) in [7, 11) is 0. The first-order valence-electron chi connectivity index (χ1n) is 4.12. The molecule has 5 heteroatoms. The molecule has 0 heterocycles. The zero-order valence-electron chi connectivity index (χ0n) is 7.22. The standard InChI is InChI=1S/C9H8ClNO2.Ar/c10-9-5-7(11(12)13)3-4-8(9)6-1-2-6;/h3-6H,1-2H2;. The van der Waals surface area contributed by atoms with Gasteiger partial charge in [0.05, 0.1) is 9.95 Å². The number of nitro benzene ring substituents is 1. The fraction of sp³-hybridized carbons (Fsp3) is 0.333. The third-order valence-electron chi connectivity index (χ3n) is 2.21. The number of hydrogen-bond acceptors (Lipinski definition) is 2. The van der Waals surface area contributed by atoms with Crippen molar-refractivity contribution in [2.75, 3.05) is 0 Å². The molecule has 0 radical (unpaired) electrons. The molecule has 1 saturated carbocycles. The Morgan fingerprint density at radius 1 is 1.43 bits per heavy atom. The van der Waals surface area contributed by atoms with Crippen molar-refractivity contribution < 1.29 is 42.7 Å². The third kappa shape index (κ3) is 2.60. The molecule has 0 atom stereocenters. The molecule has 1 aromatic rings. The SMILES string of the molecule is O=[N+]([O-])c1ccc(C2CC2)c(Cl)c1.[Ar]. The average molecular weight is 238 g/mol. The van der Waals surface area contributed by atoms with E-state index < -0.39 is 4.92 Å². The van der Waals surface area contributed by atoms with Crippen molar-refractivity contribution >= 4 is 17.3 Å². The molecule has 0 N–H and O–H groups in total. The van der Waals surface area contributed by atoms with Crippen LogP contribution in [0.5, 0.6) is 0 Å². The van der Waals surface area contributed by atoms with E-state index in [1.165, 1.54) is 12.1 Å². The number of nitrogens with zero attached hydrogens (tertiary/aromatic N) is 1. The number of non-ortho nitro benzene ring substituents is 1. The van der Waals surface area contributed by atoms with Crippen LogP contribution in [0.1, 0.15) is 24.3 Å². The van der Waals surface area contributed by atoms with Crippen molar-refractivity contribution in [3.8, 4) is 0 Å². The predicted octanol–water partition coefficient (Wildman–Crippen LogP) is 3.13. The van der Waals surface area contributed by atoms with Crippen LogP contribution in [0.4, 0.5) is 5.69 Å². The zero-order chi connectivity index (χ0) is 9.42. The molecule has 14 heavy (non-hydrogen) atoms. The molecule has 0 bridgehead atoms. The normalized spacial score (nSPS) is 14.6. The van der Waals surface area contributed by atoms with Crippen LogP contribution in [0.2, 0.25) is 5.02 Å². The maximum absolute atomic E-state index is 10.4. The molecule has 1 aliphatic carbocycles. The first kappa shape index (κ1) is 12.2. The minimum absolute atomic E-state index is 0. The fourth-order valence-corrected chi connectivity index (χ4v) is 1.68. The summed E-state index contributed by atoms with van der Waals surface area (Å²) in [5.74, 6) is 0.535. The van der Waals surface area contributed by atoms with Crippen LogP contribution >= 0.6 is 11.6 Å². The summed E-state index contributed by atoms with van der Waals surface area (Å²) >= 11 is 5.90. The number of halogens is 1. The number of hydrogen-bond donors (Lipinski definition) is 0. The van der Waals surface area contributed by atoms with Crippen molar-refractivity contribution in [2.45, 2.75) is 18.8 Å². The van der Waals surface area contributed by atoms with E-state index in [9.17, 15) is 10.1 Å². The van der Waals surface area contributed by atoms with E-state index in [0.29, 0.717) is 10.9 Å². The van der Waals surface area contributed by atoms with E-state index in [-0.39, 0.29) is 43.4 Å². The van der Waals surface area contributed by atoms with E-state index in [1.54, 1.807) is 6.07 Å². The van der Waals surface area contributed by atoms with Gasteiger partial charge in [0.15, 0.2) is 0 Å². The van der Waals surface area contributed by atoms with Gasteiger partial charge < -0.3 is 0 Å². The Morgan fingerprint density at radius 2 is 2.07 bits per heavy atom. The largest absolute Gasteiger partial charge is 0.270 e.